The van der Waals surface area contributed by atoms with E-state index in [1.54, 1.807) is 17.7 Å². The predicted molar refractivity (Wildman–Crippen MR) is 65.8 cm³/mol. The molecule has 5 heteroatoms. The minimum absolute atomic E-state index is 0.268. The Labute approximate surface area is 97.5 Å². The zero-order valence-electron chi connectivity index (χ0n) is 8.40. The van der Waals surface area contributed by atoms with Gasteiger partial charge in [0.15, 0.2) is 0 Å². The Bertz CT molecular complexity index is 439. The van der Waals surface area contributed by atoms with E-state index in [2.05, 4.69) is 22.2 Å². The first-order chi connectivity index (χ1) is 7.35. The maximum Gasteiger partial charge on any atom is 0.138 e. The Morgan fingerprint density at radius 3 is 3.13 bits per heavy atom. The van der Waals surface area contributed by atoms with Crippen LogP contribution >= 0.6 is 22.9 Å². The van der Waals surface area contributed by atoms with E-state index in [9.17, 15) is 0 Å². The van der Waals surface area contributed by atoms with Crippen LogP contribution in [0, 0.1) is 0 Å². The van der Waals surface area contributed by atoms with Crippen LogP contribution in [0.3, 0.4) is 0 Å². The fourth-order valence-electron chi connectivity index (χ4n) is 1.35. The standard InChI is InChI=1S/C10H12ClN3S/c1-2-7(5-11)14-9-8-3-4-15-10(8)13-6-12-9/h3-4,6-7H,2,5H2,1H3,(H,12,13,14). The predicted octanol–water partition coefficient (Wildman–Crippen LogP) is 3.12. The van der Waals surface area contributed by atoms with Gasteiger partial charge in [0.05, 0.1) is 5.39 Å². The van der Waals surface area contributed by atoms with Crippen LogP contribution in [-0.4, -0.2) is 21.9 Å². The van der Waals surface area contributed by atoms with E-state index in [0.717, 1.165) is 22.5 Å². The van der Waals surface area contributed by atoms with Crippen molar-refractivity contribution < 1.29 is 0 Å². The van der Waals surface area contributed by atoms with Gasteiger partial charge in [-0.25, -0.2) is 9.97 Å². The van der Waals surface area contributed by atoms with Crippen molar-refractivity contribution in [2.45, 2.75) is 19.4 Å². The molecule has 0 fully saturated rings. The molecule has 0 aliphatic heterocycles. The molecule has 0 saturated carbocycles. The molecule has 0 amide bonds. The number of halogens is 1. The van der Waals surface area contributed by atoms with Crippen LogP contribution in [0.15, 0.2) is 17.8 Å². The van der Waals surface area contributed by atoms with Crippen molar-refractivity contribution >= 4 is 39.0 Å². The van der Waals surface area contributed by atoms with E-state index < -0.39 is 0 Å². The lowest BCUT2D eigenvalue weighted by molar-refractivity contribution is 0.766. The summed E-state index contributed by atoms with van der Waals surface area (Å²) in [4.78, 5) is 9.45. The fraction of sp³-hybridized carbons (Fsp3) is 0.400. The van der Waals surface area contributed by atoms with Gasteiger partial charge in [-0.3, -0.25) is 0 Å². The van der Waals surface area contributed by atoms with Gasteiger partial charge < -0.3 is 5.32 Å². The minimum Gasteiger partial charge on any atom is -0.366 e. The van der Waals surface area contributed by atoms with Gasteiger partial charge in [-0.05, 0) is 17.9 Å². The van der Waals surface area contributed by atoms with Crippen molar-refractivity contribution in [2.24, 2.45) is 0 Å². The molecule has 0 aliphatic carbocycles. The lowest BCUT2D eigenvalue weighted by Gasteiger charge is -2.14. The van der Waals surface area contributed by atoms with Crippen molar-refractivity contribution in [1.82, 2.24) is 9.97 Å². The largest absolute Gasteiger partial charge is 0.366 e. The summed E-state index contributed by atoms with van der Waals surface area (Å²) in [6.45, 7) is 2.10. The zero-order valence-corrected chi connectivity index (χ0v) is 9.98. The van der Waals surface area contributed by atoms with Crippen molar-refractivity contribution in [1.29, 1.82) is 0 Å². The maximum absolute atomic E-state index is 5.84. The third-order valence-corrected chi connectivity index (χ3v) is 3.47. The second kappa shape index (κ2) is 4.77. The van der Waals surface area contributed by atoms with E-state index in [1.165, 1.54) is 0 Å². The Morgan fingerprint density at radius 1 is 1.53 bits per heavy atom. The molecule has 0 aromatic carbocycles. The van der Waals surface area contributed by atoms with Crippen LogP contribution in [-0.2, 0) is 0 Å². The van der Waals surface area contributed by atoms with Gasteiger partial charge in [0.1, 0.15) is 17.0 Å². The van der Waals surface area contributed by atoms with Gasteiger partial charge in [0, 0.05) is 11.9 Å². The SMILES string of the molecule is CCC(CCl)Nc1ncnc2sccc12. The Kier molecular flexibility index (Phi) is 3.38. The van der Waals surface area contributed by atoms with Crippen LogP contribution < -0.4 is 5.32 Å². The van der Waals surface area contributed by atoms with E-state index in [4.69, 9.17) is 11.6 Å². The average Bonchev–Trinajstić information content (AvgIpc) is 2.74. The summed E-state index contributed by atoms with van der Waals surface area (Å²) in [5.74, 6) is 1.47. The number of thiophene rings is 1. The number of aromatic nitrogens is 2. The van der Waals surface area contributed by atoms with Crippen molar-refractivity contribution in [3.05, 3.63) is 17.8 Å². The molecule has 3 nitrogen and oxygen atoms in total. The lowest BCUT2D eigenvalue weighted by atomic mass is 10.2. The number of nitrogens with one attached hydrogen (secondary N) is 1. The van der Waals surface area contributed by atoms with Gasteiger partial charge >= 0.3 is 0 Å². The second-order valence-electron chi connectivity index (χ2n) is 3.27. The molecular weight excluding hydrogens is 230 g/mol. The monoisotopic (exact) mass is 241 g/mol. The number of fused-ring (bicyclic) bond motifs is 1. The molecule has 2 aromatic heterocycles. The summed E-state index contributed by atoms with van der Waals surface area (Å²) in [6, 6.07) is 2.30. The molecule has 15 heavy (non-hydrogen) atoms. The molecule has 80 valence electrons. The maximum atomic E-state index is 5.84. The first-order valence-electron chi connectivity index (χ1n) is 4.85. The molecule has 0 saturated heterocycles. The Morgan fingerprint density at radius 2 is 2.40 bits per heavy atom. The summed E-state index contributed by atoms with van der Waals surface area (Å²) in [5, 5.41) is 6.43. The third kappa shape index (κ3) is 2.21. The molecule has 0 bridgehead atoms. The number of rotatable bonds is 4. The Balaban J connectivity index is 2.30. The van der Waals surface area contributed by atoms with Gasteiger partial charge in [0.2, 0.25) is 0 Å². The molecule has 0 spiro atoms. The summed E-state index contributed by atoms with van der Waals surface area (Å²) in [6.07, 6.45) is 2.57. The number of anilines is 1. The summed E-state index contributed by atoms with van der Waals surface area (Å²) < 4.78 is 0. The molecule has 1 atom stereocenters. The summed E-state index contributed by atoms with van der Waals surface area (Å²) in [5.41, 5.74) is 0. The smallest absolute Gasteiger partial charge is 0.138 e. The van der Waals surface area contributed by atoms with Crippen molar-refractivity contribution in [3.8, 4) is 0 Å². The molecule has 1 N–H and O–H groups in total. The van der Waals surface area contributed by atoms with E-state index in [0.29, 0.717) is 5.88 Å². The van der Waals surface area contributed by atoms with Crippen LogP contribution in [0.1, 0.15) is 13.3 Å². The molecule has 0 radical (unpaired) electrons. The molecular formula is C10H12ClN3S. The molecule has 2 heterocycles. The van der Waals surface area contributed by atoms with Gasteiger partial charge in [-0.15, -0.1) is 22.9 Å². The van der Waals surface area contributed by atoms with Crippen molar-refractivity contribution in [2.75, 3.05) is 11.2 Å². The van der Waals surface area contributed by atoms with Gasteiger partial charge in [-0.2, -0.15) is 0 Å². The number of nitrogens with zero attached hydrogens (tertiary/aromatic N) is 2. The van der Waals surface area contributed by atoms with Gasteiger partial charge in [0.25, 0.3) is 0 Å². The van der Waals surface area contributed by atoms with E-state index in [1.807, 2.05) is 11.4 Å². The summed E-state index contributed by atoms with van der Waals surface area (Å²) >= 11 is 7.46. The Hall–Kier alpha value is -0.870. The second-order valence-corrected chi connectivity index (χ2v) is 4.47. The number of alkyl halides is 1. The molecule has 2 aromatic rings. The fourth-order valence-corrected chi connectivity index (χ4v) is 2.38. The average molecular weight is 242 g/mol. The highest BCUT2D eigenvalue weighted by Gasteiger charge is 2.08. The first kappa shape index (κ1) is 10.6. The topological polar surface area (TPSA) is 37.8 Å². The highest BCUT2D eigenvalue weighted by atomic mass is 35.5. The van der Waals surface area contributed by atoms with Crippen LogP contribution in [0.5, 0.6) is 0 Å². The van der Waals surface area contributed by atoms with Gasteiger partial charge in [-0.1, -0.05) is 6.92 Å². The quantitative estimate of drug-likeness (QED) is 0.836. The van der Waals surface area contributed by atoms with E-state index >= 15 is 0 Å². The molecule has 1 unspecified atom stereocenters. The summed E-state index contributed by atoms with van der Waals surface area (Å²) in [7, 11) is 0. The highest BCUT2D eigenvalue weighted by molar-refractivity contribution is 7.16. The normalized spacial score (nSPS) is 12.9. The third-order valence-electron chi connectivity index (χ3n) is 2.28. The van der Waals surface area contributed by atoms with Crippen molar-refractivity contribution in [3.63, 3.8) is 0 Å². The van der Waals surface area contributed by atoms with Crippen LogP contribution in [0.4, 0.5) is 5.82 Å². The lowest BCUT2D eigenvalue weighted by Crippen LogP contribution is -2.20. The van der Waals surface area contributed by atoms with E-state index in [-0.39, 0.29) is 6.04 Å². The minimum atomic E-state index is 0.268. The number of hydrogen-bond donors (Lipinski definition) is 1. The molecule has 2 rings (SSSR count). The molecule has 0 aliphatic rings. The van der Waals surface area contributed by atoms with Crippen LogP contribution in [0.2, 0.25) is 0 Å². The first-order valence-corrected chi connectivity index (χ1v) is 6.27. The van der Waals surface area contributed by atoms with Crippen LogP contribution in [0.25, 0.3) is 10.2 Å². The zero-order chi connectivity index (χ0) is 10.7. The number of hydrogen-bond acceptors (Lipinski definition) is 4. The highest BCUT2D eigenvalue weighted by Crippen LogP contribution is 2.24.